The molecule has 0 fully saturated rings. The zero-order valence-electron chi connectivity index (χ0n) is 9.70. The Kier molecular flexibility index (Phi) is 3.79. The molecule has 1 aliphatic carbocycles. The number of benzene rings is 1. The molecule has 0 unspecified atom stereocenters. The molecule has 90 valence electrons. The van der Waals surface area contributed by atoms with Crippen molar-refractivity contribution in [1.82, 2.24) is 0 Å². The molecule has 1 aromatic rings. The van der Waals surface area contributed by atoms with E-state index >= 15 is 0 Å². The van der Waals surface area contributed by atoms with E-state index in [2.05, 4.69) is 16.1 Å². The fourth-order valence-corrected chi connectivity index (χ4v) is 2.32. The van der Waals surface area contributed by atoms with Crippen LogP contribution in [0.5, 0.6) is 0 Å². The second-order valence-corrected chi connectivity index (χ2v) is 4.43. The minimum Gasteiger partial charge on any atom is -0.398 e. The van der Waals surface area contributed by atoms with Gasteiger partial charge in [-0.05, 0) is 54.5 Å². The third-order valence-corrected chi connectivity index (χ3v) is 3.17. The number of hydrogen-bond acceptors (Lipinski definition) is 3. The zero-order chi connectivity index (χ0) is 12.3. The smallest absolute Gasteiger partial charge is 0.274 e. The van der Waals surface area contributed by atoms with Crippen LogP contribution in [-0.2, 0) is 22.5 Å². The van der Waals surface area contributed by atoms with Crippen molar-refractivity contribution in [3.63, 3.8) is 0 Å². The molecular weight excluding hydrogens is 238 g/mol. The summed E-state index contributed by atoms with van der Waals surface area (Å²) in [5.41, 5.74) is 3.55. The highest BCUT2D eigenvalue weighted by molar-refractivity contribution is 6.84. The molecule has 0 spiro atoms. The predicted octanol–water partition coefficient (Wildman–Crippen LogP) is 2.68. The molecule has 0 aliphatic heterocycles. The van der Waals surface area contributed by atoms with E-state index in [-0.39, 0.29) is 5.71 Å². The summed E-state index contributed by atoms with van der Waals surface area (Å²) in [7, 11) is 1.40. The Morgan fingerprint density at radius 2 is 2.00 bits per heavy atom. The van der Waals surface area contributed by atoms with E-state index in [1.54, 1.807) is 0 Å². The molecule has 0 saturated heterocycles. The highest BCUT2D eigenvalue weighted by Crippen LogP contribution is 2.22. The maximum atomic E-state index is 11.3. The molecule has 1 aromatic carbocycles. The van der Waals surface area contributed by atoms with E-state index in [1.807, 2.05) is 12.1 Å². The van der Waals surface area contributed by atoms with Crippen molar-refractivity contribution in [2.75, 3.05) is 7.11 Å². The molecule has 0 amide bonds. The van der Waals surface area contributed by atoms with Crippen LogP contribution in [0.1, 0.15) is 29.5 Å². The van der Waals surface area contributed by atoms with E-state index in [0.29, 0.717) is 0 Å². The van der Waals surface area contributed by atoms with Crippen LogP contribution >= 0.6 is 11.6 Å². The van der Waals surface area contributed by atoms with Crippen LogP contribution < -0.4 is 0 Å². The van der Waals surface area contributed by atoms with Gasteiger partial charge in [0, 0.05) is 5.56 Å². The van der Waals surface area contributed by atoms with Gasteiger partial charge in [-0.15, -0.1) is 0 Å². The first-order valence-corrected chi connectivity index (χ1v) is 6.03. The van der Waals surface area contributed by atoms with Crippen molar-refractivity contribution >= 4 is 22.6 Å². The molecule has 3 nitrogen and oxygen atoms in total. The van der Waals surface area contributed by atoms with Crippen LogP contribution in [0.15, 0.2) is 23.4 Å². The summed E-state index contributed by atoms with van der Waals surface area (Å²) in [6, 6.07) is 5.92. The molecule has 0 N–H and O–H groups in total. The standard InChI is InChI=1S/C13H14ClNO2/c1-17-15-12(13(14)16)11-7-6-9-4-2-3-5-10(9)8-11/h6-8H,2-5H2,1H3/b15-12+. The first-order chi connectivity index (χ1) is 8.22. The van der Waals surface area contributed by atoms with Gasteiger partial charge in [0.1, 0.15) is 7.11 Å². The summed E-state index contributed by atoms with van der Waals surface area (Å²) in [4.78, 5) is 15.9. The van der Waals surface area contributed by atoms with Crippen LogP contribution in [0, 0.1) is 0 Å². The maximum Gasteiger partial charge on any atom is 0.274 e. The van der Waals surface area contributed by atoms with E-state index in [1.165, 1.54) is 31.1 Å². The van der Waals surface area contributed by atoms with Gasteiger partial charge in [-0.3, -0.25) is 4.79 Å². The number of nitrogens with zero attached hydrogens (tertiary/aromatic N) is 1. The average molecular weight is 252 g/mol. The lowest BCUT2D eigenvalue weighted by atomic mass is 9.90. The monoisotopic (exact) mass is 251 g/mol. The quantitative estimate of drug-likeness (QED) is 0.471. The highest BCUT2D eigenvalue weighted by atomic mass is 35.5. The van der Waals surface area contributed by atoms with Gasteiger partial charge < -0.3 is 4.84 Å². The summed E-state index contributed by atoms with van der Waals surface area (Å²) < 4.78 is 0. The van der Waals surface area contributed by atoms with Crippen molar-refractivity contribution < 1.29 is 9.63 Å². The Morgan fingerprint density at radius 1 is 1.29 bits per heavy atom. The molecule has 1 aliphatic rings. The Hall–Kier alpha value is -1.35. The van der Waals surface area contributed by atoms with Gasteiger partial charge in [0.2, 0.25) is 0 Å². The number of halogens is 1. The Bertz CT molecular complexity index is 468. The predicted molar refractivity (Wildman–Crippen MR) is 67.5 cm³/mol. The van der Waals surface area contributed by atoms with Gasteiger partial charge in [-0.1, -0.05) is 17.3 Å². The summed E-state index contributed by atoms with van der Waals surface area (Å²) in [6.45, 7) is 0. The molecule has 17 heavy (non-hydrogen) atoms. The minimum absolute atomic E-state index is 0.169. The number of hydrogen-bond donors (Lipinski definition) is 0. The average Bonchev–Trinajstić information content (AvgIpc) is 2.35. The fraction of sp³-hybridized carbons (Fsp3) is 0.385. The van der Waals surface area contributed by atoms with Crippen LogP contribution in [-0.4, -0.2) is 18.1 Å². The number of rotatable bonds is 3. The number of carbonyl (C=O) groups excluding carboxylic acids is 1. The Morgan fingerprint density at radius 3 is 2.65 bits per heavy atom. The normalized spacial score (nSPS) is 15.3. The van der Waals surface area contributed by atoms with Gasteiger partial charge in [0.05, 0.1) is 0 Å². The lowest BCUT2D eigenvalue weighted by Gasteiger charge is -2.16. The van der Waals surface area contributed by atoms with Crippen molar-refractivity contribution in [2.24, 2.45) is 5.16 Å². The molecular formula is C13H14ClNO2. The molecule has 0 atom stereocenters. The van der Waals surface area contributed by atoms with Gasteiger partial charge in [0.25, 0.3) is 5.24 Å². The molecule has 0 aromatic heterocycles. The third-order valence-electron chi connectivity index (χ3n) is 2.99. The second-order valence-electron chi connectivity index (χ2n) is 4.09. The first-order valence-electron chi connectivity index (χ1n) is 5.65. The van der Waals surface area contributed by atoms with Crippen molar-refractivity contribution in [3.05, 3.63) is 34.9 Å². The molecule has 0 saturated carbocycles. The fourth-order valence-electron chi connectivity index (χ4n) is 2.17. The van der Waals surface area contributed by atoms with Crippen LogP contribution in [0.25, 0.3) is 0 Å². The zero-order valence-corrected chi connectivity index (χ0v) is 10.5. The SMILES string of the molecule is CO/N=C(/C(=O)Cl)c1ccc2c(c1)CCCC2. The Labute approximate surface area is 105 Å². The third kappa shape index (κ3) is 2.67. The molecule has 0 heterocycles. The van der Waals surface area contributed by atoms with Crippen LogP contribution in [0.4, 0.5) is 0 Å². The molecule has 4 heteroatoms. The lowest BCUT2D eigenvalue weighted by Crippen LogP contribution is -2.12. The number of oxime groups is 1. The van der Waals surface area contributed by atoms with E-state index in [4.69, 9.17) is 11.6 Å². The largest absolute Gasteiger partial charge is 0.398 e. The molecule has 2 rings (SSSR count). The minimum atomic E-state index is -0.595. The Balaban J connectivity index is 2.38. The van der Waals surface area contributed by atoms with E-state index < -0.39 is 5.24 Å². The van der Waals surface area contributed by atoms with Crippen molar-refractivity contribution in [3.8, 4) is 0 Å². The number of carbonyl (C=O) groups is 1. The van der Waals surface area contributed by atoms with Gasteiger partial charge in [0.15, 0.2) is 5.71 Å². The first kappa shape index (κ1) is 12.1. The van der Waals surface area contributed by atoms with Gasteiger partial charge >= 0.3 is 0 Å². The van der Waals surface area contributed by atoms with Crippen LogP contribution in [0.3, 0.4) is 0 Å². The lowest BCUT2D eigenvalue weighted by molar-refractivity contribution is -0.106. The van der Waals surface area contributed by atoms with E-state index in [9.17, 15) is 4.79 Å². The van der Waals surface area contributed by atoms with E-state index in [0.717, 1.165) is 18.4 Å². The van der Waals surface area contributed by atoms with Crippen molar-refractivity contribution in [2.45, 2.75) is 25.7 Å². The highest BCUT2D eigenvalue weighted by Gasteiger charge is 2.16. The van der Waals surface area contributed by atoms with Crippen LogP contribution in [0.2, 0.25) is 0 Å². The maximum absolute atomic E-state index is 11.3. The number of aryl methyl sites for hydroxylation is 2. The topological polar surface area (TPSA) is 38.7 Å². The van der Waals surface area contributed by atoms with Gasteiger partial charge in [-0.2, -0.15) is 0 Å². The molecule has 0 radical (unpaired) electrons. The summed E-state index contributed by atoms with van der Waals surface area (Å²) in [5, 5.41) is 3.08. The van der Waals surface area contributed by atoms with Gasteiger partial charge in [-0.25, -0.2) is 0 Å². The molecule has 0 bridgehead atoms. The second kappa shape index (κ2) is 5.32. The van der Waals surface area contributed by atoms with Crippen molar-refractivity contribution in [1.29, 1.82) is 0 Å². The summed E-state index contributed by atoms with van der Waals surface area (Å²) >= 11 is 5.49. The number of fused-ring (bicyclic) bond motifs is 1. The summed E-state index contributed by atoms with van der Waals surface area (Å²) in [5.74, 6) is 0. The summed E-state index contributed by atoms with van der Waals surface area (Å²) in [6.07, 6.45) is 4.60.